The molecule has 10 heteroatoms. The van der Waals surface area contributed by atoms with E-state index in [0.29, 0.717) is 30.7 Å². The van der Waals surface area contributed by atoms with E-state index in [4.69, 9.17) is 9.72 Å². The average molecular weight is 515 g/mol. The molecule has 1 fully saturated rings. The molecule has 194 valence electrons. The van der Waals surface area contributed by atoms with Gasteiger partial charge in [0.25, 0.3) is 5.91 Å². The lowest BCUT2D eigenvalue weighted by atomic mass is 9.79. The molecule has 0 aliphatic carbocycles. The SMILES string of the molecule is CCN1C[C@@H]2COCC[C@H]2c2cc(-c3cc(NC(=O)c4ccnc(C(F)(F)F)c4F)ccc3C)cnc21. The average Bonchev–Trinajstić information content (AvgIpc) is 2.88. The third-order valence-corrected chi connectivity index (χ3v) is 7.11. The van der Waals surface area contributed by atoms with E-state index in [-0.39, 0.29) is 0 Å². The van der Waals surface area contributed by atoms with Crippen LogP contribution >= 0.6 is 0 Å². The van der Waals surface area contributed by atoms with Crippen LogP contribution in [0.2, 0.25) is 0 Å². The van der Waals surface area contributed by atoms with Gasteiger partial charge in [0, 0.05) is 49.3 Å². The van der Waals surface area contributed by atoms with Crippen LogP contribution in [-0.2, 0) is 10.9 Å². The summed E-state index contributed by atoms with van der Waals surface area (Å²) in [6, 6.07) is 8.21. The first-order valence-corrected chi connectivity index (χ1v) is 12.1. The van der Waals surface area contributed by atoms with Gasteiger partial charge in [-0.25, -0.2) is 14.4 Å². The monoisotopic (exact) mass is 514 g/mol. The second-order valence-electron chi connectivity index (χ2n) is 9.41. The number of halogens is 4. The van der Waals surface area contributed by atoms with Crippen molar-refractivity contribution in [2.75, 3.05) is 36.5 Å². The number of fused-ring (bicyclic) bond motifs is 3. The number of hydrogen-bond donors (Lipinski definition) is 1. The summed E-state index contributed by atoms with van der Waals surface area (Å²) in [4.78, 5) is 22.8. The fraction of sp³-hybridized carbons (Fsp3) is 0.370. The second kappa shape index (κ2) is 9.74. The molecule has 0 unspecified atom stereocenters. The lowest BCUT2D eigenvalue weighted by Crippen LogP contribution is -2.42. The number of anilines is 2. The molecule has 1 saturated heterocycles. The van der Waals surface area contributed by atoms with E-state index in [9.17, 15) is 22.4 Å². The Balaban J connectivity index is 1.47. The van der Waals surface area contributed by atoms with Gasteiger partial charge in [0.1, 0.15) is 5.82 Å². The fourth-order valence-electron chi connectivity index (χ4n) is 5.22. The van der Waals surface area contributed by atoms with Crippen molar-refractivity contribution >= 4 is 17.4 Å². The summed E-state index contributed by atoms with van der Waals surface area (Å²) in [7, 11) is 0. The van der Waals surface area contributed by atoms with Gasteiger partial charge >= 0.3 is 6.18 Å². The highest BCUT2D eigenvalue weighted by atomic mass is 19.4. The molecule has 37 heavy (non-hydrogen) atoms. The number of amides is 1. The molecule has 1 N–H and O–H groups in total. The molecule has 5 rings (SSSR count). The van der Waals surface area contributed by atoms with E-state index < -0.39 is 29.2 Å². The molecule has 2 aliphatic heterocycles. The number of aryl methyl sites for hydroxylation is 1. The standard InChI is InChI=1S/C27H26F4N4O2/c1-3-35-13-17-14-37-9-7-19(17)22-10-16(12-33-25(22)35)21-11-18(5-4-15(21)2)34-26(36)20-6-8-32-24(23(20)28)27(29,30)31/h4-6,8,10-12,17,19H,3,7,9,13-14H2,1-2H3,(H,34,36)/t17-,19-/m1/s1. The summed E-state index contributed by atoms with van der Waals surface area (Å²) in [5, 5.41) is 2.52. The molecule has 6 nitrogen and oxygen atoms in total. The van der Waals surface area contributed by atoms with Crippen molar-refractivity contribution in [2.24, 2.45) is 5.92 Å². The molecule has 0 saturated carbocycles. The van der Waals surface area contributed by atoms with Crippen LogP contribution in [0.25, 0.3) is 11.1 Å². The summed E-state index contributed by atoms with van der Waals surface area (Å²) in [6.45, 7) is 7.19. The van der Waals surface area contributed by atoms with Gasteiger partial charge in [-0.05, 0) is 67.1 Å². The number of benzene rings is 1. The van der Waals surface area contributed by atoms with Gasteiger partial charge < -0.3 is 15.0 Å². The lowest BCUT2D eigenvalue weighted by molar-refractivity contribution is -0.143. The molecule has 1 aromatic carbocycles. The summed E-state index contributed by atoms with van der Waals surface area (Å²) in [6.07, 6.45) is -1.52. The molecule has 2 aliphatic rings. The molecule has 4 heterocycles. The van der Waals surface area contributed by atoms with Gasteiger partial charge in [-0.1, -0.05) is 6.07 Å². The van der Waals surface area contributed by atoms with Crippen molar-refractivity contribution in [1.82, 2.24) is 9.97 Å². The Bertz CT molecular complexity index is 1340. The Morgan fingerprint density at radius 1 is 1.22 bits per heavy atom. The second-order valence-corrected chi connectivity index (χ2v) is 9.41. The van der Waals surface area contributed by atoms with Gasteiger partial charge in [-0.15, -0.1) is 0 Å². The fourth-order valence-corrected chi connectivity index (χ4v) is 5.22. The maximum absolute atomic E-state index is 14.4. The molecular weight excluding hydrogens is 488 g/mol. The third kappa shape index (κ3) is 4.77. The van der Waals surface area contributed by atoms with E-state index >= 15 is 0 Å². The van der Waals surface area contributed by atoms with Gasteiger partial charge in [0.05, 0.1) is 12.2 Å². The van der Waals surface area contributed by atoms with Crippen molar-refractivity contribution in [2.45, 2.75) is 32.4 Å². The number of aromatic nitrogens is 2. The van der Waals surface area contributed by atoms with E-state index in [1.54, 1.807) is 24.4 Å². The minimum Gasteiger partial charge on any atom is -0.381 e. The summed E-state index contributed by atoms with van der Waals surface area (Å²) < 4.78 is 59.2. The predicted octanol–water partition coefficient (Wildman–Crippen LogP) is 5.82. The number of nitrogens with zero attached hydrogens (tertiary/aromatic N) is 3. The van der Waals surface area contributed by atoms with Crippen LogP contribution in [0.3, 0.4) is 0 Å². The quantitative estimate of drug-likeness (QED) is 0.445. The summed E-state index contributed by atoms with van der Waals surface area (Å²) >= 11 is 0. The van der Waals surface area contributed by atoms with Crippen LogP contribution in [0, 0.1) is 18.7 Å². The van der Waals surface area contributed by atoms with Crippen LogP contribution in [0.4, 0.5) is 29.1 Å². The summed E-state index contributed by atoms with van der Waals surface area (Å²) in [5.41, 5.74) is 1.66. The van der Waals surface area contributed by atoms with Crippen LogP contribution in [0.5, 0.6) is 0 Å². The molecule has 0 spiro atoms. The number of pyridine rings is 2. The highest BCUT2D eigenvalue weighted by Gasteiger charge is 2.38. The Hall–Kier alpha value is -3.53. The van der Waals surface area contributed by atoms with Gasteiger partial charge in [-0.2, -0.15) is 13.2 Å². The molecular formula is C27H26F4N4O2. The Kier molecular flexibility index (Phi) is 6.61. The van der Waals surface area contributed by atoms with Crippen LogP contribution < -0.4 is 10.2 Å². The van der Waals surface area contributed by atoms with Crippen molar-refractivity contribution in [1.29, 1.82) is 0 Å². The van der Waals surface area contributed by atoms with E-state index in [0.717, 1.165) is 54.3 Å². The predicted molar refractivity (Wildman–Crippen MR) is 131 cm³/mol. The first-order valence-electron chi connectivity index (χ1n) is 12.1. The van der Waals surface area contributed by atoms with Crippen molar-refractivity contribution in [3.05, 3.63) is 70.9 Å². The number of nitrogens with one attached hydrogen (secondary N) is 1. The minimum absolute atomic E-state index is 0.326. The first-order chi connectivity index (χ1) is 17.7. The van der Waals surface area contributed by atoms with Crippen molar-refractivity contribution in [3.63, 3.8) is 0 Å². The first kappa shape index (κ1) is 25.1. The molecule has 2 atom stereocenters. The zero-order chi connectivity index (χ0) is 26.3. The minimum atomic E-state index is -5.01. The topological polar surface area (TPSA) is 67.3 Å². The molecule has 0 radical (unpaired) electrons. The number of alkyl halides is 3. The Morgan fingerprint density at radius 2 is 2.03 bits per heavy atom. The number of carbonyl (C=O) groups is 1. The van der Waals surface area contributed by atoms with Crippen LogP contribution in [0.1, 0.15) is 46.4 Å². The number of hydrogen-bond acceptors (Lipinski definition) is 5. The highest BCUT2D eigenvalue weighted by molar-refractivity contribution is 6.04. The largest absolute Gasteiger partial charge is 0.436 e. The maximum atomic E-state index is 14.4. The van der Waals surface area contributed by atoms with Gasteiger partial charge in [-0.3, -0.25) is 4.79 Å². The summed E-state index contributed by atoms with van der Waals surface area (Å²) in [5.74, 6) is -0.982. The molecule has 0 bridgehead atoms. The van der Waals surface area contributed by atoms with E-state index in [1.165, 1.54) is 5.56 Å². The van der Waals surface area contributed by atoms with Crippen LogP contribution in [-0.4, -0.2) is 42.2 Å². The number of rotatable bonds is 4. The maximum Gasteiger partial charge on any atom is 0.436 e. The molecule has 2 aromatic heterocycles. The lowest BCUT2D eigenvalue weighted by Gasteiger charge is -2.42. The van der Waals surface area contributed by atoms with E-state index in [2.05, 4.69) is 28.2 Å². The molecule has 3 aromatic rings. The smallest absolute Gasteiger partial charge is 0.381 e. The van der Waals surface area contributed by atoms with Gasteiger partial charge in [0.15, 0.2) is 11.5 Å². The van der Waals surface area contributed by atoms with Crippen molar-refractivity contribution in [3.8, 4) is 11.1 Å². The number of ether oxygens (including phenoxy) is 1. The third-order valence-electron chi connectivity index (χ3n) is 7.11. The van der Waals surface area contributed by atoms with Gasteiger partial charge in [0.2, 0.25) is 0 Å². The van der Waals surface area contributed by atoms with Crippen molar-refractivity contribution < 1.29 is 27.1 Å². The molecule has 1 amide bonds. The normalized spacial score (nSPS) is 19.2. The highest BCUT2D eigenvalue weighted by Crippen LogP contribution is 2.43. The van der Waals surface area contributed by atoms with E-state index in [1.807, 2.05) is 6.92 Å². The Labute approximate surface area is 211 Å². The Morgan fingerprint density at radius 3 is 2.78 bits per heavy atom. The van der Waals surface area contributed by atoms with Crippen LogP contribution in [0.15, 0.2) is 42.7 Å². The zero-order valence-corrected chi connectivity index (χ0v) is 20.4. The zero-order valence-electron chi connectivity index (χ0n) is 20.4. The number of carbonyl (C=O) groups excluding carboxylic acids is 1.